The topological polar surface area (TPSA) is 12.5 Å². The second-order valence-corrected chi connectivity index (χ2v) is 1.99. The smallest absolute Gasteiger partial charge is 0.0649 e. The Bertz CT molecular complexity index is 132. The molecular formula is C6H8ClNO. The summed E-state index contributed by atoms with van der Waals surface area (Å²) in [5, 5.41) is 2.33. The van der Waals surface area contributed by atoms with Gasteiger partial charge in [0.2, 0.25) is 0 Å². The Hall–Kier alpha value is -0.390. The molecule has 1 heterocycles. The Morgan fingerprint density at radius 2 is 2.00 bits per heavy atom. The molecule has 1 aliphatic rings. The van der Waals surface area contributed by atoms with Crippen molar-refractivity contribution in [2.24, 2.45) is 0 Å². The van der Waals surface area contributed by atoms with Crippen LogP contribution < -0.4 is 0 Å². The van der Waals surface area contributed by atoms with Gasteiger partial charge in [-0.3, -0.25) is 0 Å². The molecule has 0 aromatic rings. The third-order valence-corrected chi connectivity index (χ3v) is 1.30. The molecule has 1 fully saturated rings. The highest BCUT2D eigenvalue weighted by Crippen LogP contribution is 1.93. The molecule has 0 amide bonds. The molecule has 3 heteroatoms. The van der Waals surface area contributed by atoms with Gasteiger partial charge >= 0.3 is 0 Å². The van der Waals surface area contributed by atoms with Crippen LogP contribution in [0.4, 0.5) is 0 Å². The lowest BCUT2D eigenvalue weighted by molar-refractivity contribution is 0.0638. The second kappa shape index (κ2) is 3.60. The summed E-state index contributed by atoms with van der Waals surface area (Å²) in [6.45, 7) is 3.29. The highest BCUT2D eigenvalue weighted by Gasteiger charge is 2.04. The van der Waals surface area contributed by atoms with Gasteiger partial charge in [-0.1, -0.05) is 0 Å². The molecule has 1 rings (SSSR count). The Labute approximate surface area is 59.7 Å². The summed E-state index contributed by atoms with van der Waals surface area (Å²) in [6.07, 6.45) is 0. The van der Waals surface area contributed by atoms with Crippen molar-refractivity contribution >= 4 is 11.6 Å². The van der Waals surface area contributed by atoms with Gasteiger partial charge in [-0.2, -0.15) is 0 Å². The van der Waals surface area contributed by atoms with Crippen molar-refractivity contribution in [3.05, 3.63) is 0 Å². The molecule has 9 heavy (non-hydrogen) atoms. The van der Waals surface area contributed by atoms with Gasteiger partial charge in [-0.15, -0.1) is 0 Å². The average molecular weight is 146 g/mol. The van der Waals surface area contributed by atoms with E-state index in [4.69, 9.17) is 16.3 Å². The van der Waals surface area contributed by atoms with Gasteiger partial charge < -0.3 is 9.64 Å². The average Bonchev–Trinajstić information content (AvgIpc) is 1.91. The molecule has 0 spiro atoms. The van der Waals surface area contributed by atoms with E-state index >= 15 is 0 Å². The van der Waals surface area contributed by atoms with Gasteiger partial charge in [0.1, 0.15) is 0 Å². The number of ether oxygens (including phenoxy) is 1. The van der Waals surface area contributed by atoms with Crippen LogP contribution in [-0.2, 0) is 4.74 Å². The van der Waals surface area contributed by atoms with Crippen LogP contribution >= 0.6 is 11.6 Å². The van der Waals surface area contributed by atoms with Crippen LogP contribution in [0.3, 0.4) is 0 Å². The van der Waals surface area contributed by atoms with E-state index in [0.717, 1.165) is 26.3 Å². The number of nitrogens with zero attached hydrogens (tertiary/aromatic N) is 1. The first-order chi connectivity index (χ1) is 4.43. The lowest BCUT2D eigenvalue weighted by Crippen LogP contribution is -2.32. The summed E-state index contributed by atoms with van der Waals surface area (Å²) in [6, 6.07) is 2.75. The summed E-state index contributed by atoms with van der Waals surface area (Å²) in [5.74, 6) is 0. The van der Waals surface area contributed by atoms with Crippen molar-refractivity contribution in [3.63, 3.8) is 0 Å². The summed E-state index contributed by atoms with van der Waals surface area (Å²) in [5.41, 5.74) is 0. The molecule has 0 saturated carbocycles. The zero-order valence-corrected chi connectivity index (χ0v) is 5.82. The first kappa shape index (κ1) is 6.73. The number of morpholine rings is 1. The maximum atomic E-state index is 5.19. The molecule has 0 aromatic heterocycles. The molecule has 0 radical (unpaired) electrons. The van der Waals surface area contributed by atoms with Gasteiger partial charge in [0.15, 0.2) is 0 Å². The monoisotopic (exact) mass is 145 g/mol. The van der Waals surface area contributed by atoms with Crippen LogP contribution in [0.2, 0.25) is 0 Å². The number of hydrogen-bond acceptors (Lipinski definition) is 2. The SMILES string of the molecule is ClC#CN1CCOCC1. The Morgan fingerprint density at radius 1 is 1.33 bits per heavy atom. The Kier molecular flexibility index (Phi) is 2.69. The van der Waals surface area contributed by atoms with Crippen molar-refractivity contribution in [1.29, 1.82) is 0 Å². The molecule has 2 nitrogen and oxygen atoms in total. The van der Waals surface area contributed by atoms with Crippen LogP contribution in [0.5, 0.6) is 0 Å². The molecule has 0 unspecified atom stereocenters. The molecule has 50 valence electrons. The molecular weight excluding hydrogens is 138 g/mol. The summed E-state index contributed by atoms with van der Waals surface area (Å²) < 4.78 is 5.09. The quantitative estimate of drug-likeness (QED) is 0.460. The molecule has 0 bridgehead atoms. The van der Waals surface area contributed by atoms with Crippen LogP contribution in [0.15, 0.2) is 0 Å². The van der Waals surface area contributed by atoms with E-state index in [2.05, 4.69) is 11.4 Å². The Morgan fingerprint density at radius 3 is 2.56 bits per heavy atom. The van der Waals surface area contributed by atoms with E-state index in [9.17, 15) is 0 Å². The van der Waals surface area contributed by atoms with Gasteiger partial charge in [0.05, 0.1) is 13.2 Å². The van der Waals surface area contributed by atoms with Gasteiger partial charge in [-0.05, 0) is 11.6 Å². The van der Waals surface area contributed by atoms with E-state index in [-0.39, 0.29) is 0 Å². The van der Waals surface area contributed by atoms with E-state index in [1.807, 2.05) is 4.90 Å². The highest BCUT2D eigenvalue weighted by atomic mass is 35.5. The molecule has 0 aliphatic carbocycles. The summed E-state index contributed by atoms with van der Waals surface area (Å²) >= 11 is 5.19. The van der Waals surface area contributed by atoms with Crippen LogP contribution in [-0.4, -0.2) is 31.2 Å². The fourth-order valence-corrected chi connectivity index (χ4v) is 0.854. The number of rotatable bonds is 0. The molecule has 0 atom stereocenters. The van der Waals surface area contributed by atoms with Crippen molar-refractivity contribution in [1.82, 2.24) is 4.90 Å². The standard InChI is InChI=1S/C6H8ClNO/c7-1-2-8-3-5-9-6-4-8/h3-6H2. The van der Waals surface area contributed by atoms with Gasteiger partial charge in [0, 0.05) is 24.5 Å². The maximum Gasteiger partial charge on any atom is 0.0649 e. The molecule has 0 aromatic carbocycles. The number of halogens is 1. The van der Waals surface area contributed by atoms with E-state index in [1.54, 1.807) is 0 Å². The fraction of sp³-hybridized carbons (Fsp3) is 0.667. The number of hydrogen-bond donors (Lipinski definition) is 0. The summed E-state index contributed by atoms with van der Waals surface area (Å²) in [7, 11) is 0. The highest BCUT2D eigenvalue weighted by molar-refractivity contribution is 6.30. The van der Waals surface area contributed by atoms with E-state index in [0.29, 0.717) is 0 Å². The van der Waals surface area contributed by atoms with Crippen molar-refractivity contribution < 1.29 is 4.74 Å². The van der Waals surface area contributed by atoms with Crippen molar-refractivity contribution in [3.8, 4) is 11.4 Å². The predicted molar refractivity (Wildman–Crippen MR) is 36.0 cm³/mol. The summed E-state index contributed by atoms with van der Waals surface area (Å²) in [4.78, 5) is 1.95. The molecule has 1 saturated heterocycles. The minimum absolute atomic E-state index is 0.769. The van der Waals surface area contributed by atoms with Crippen molar-refractivity contribution in [2.45, 2.75) is 0 Å². The van der Waals surface area contributed by atoms with Crippen LogP contribution in [0.25, 0.3) is 0 Å². The molecule has 1 aliphatic heterocycles. The second-order valence-electron chi connectivity index (χ2n) is 1.81. The fourth-order valence-electron chi connectivity index (χ4n) is 0.735. The van der Waals surface area contributed by atoms with Gasteiger partial charge in [0.25, 0.3) is 0 Å². The normalized spacial score (nSPS) is 18.6. The minimum Gasteiger partial charge on any atom is -0.378 e. The lowest BCUT2D eigenvalue weighted by Gasteiger charge is -2.21. The van der Waals surface area contributed by atoms with Crippen molar-refractivity contribution in [2.75, 3.05) is 26.3 Å². The third-order valence-electron chi connectivity index (χ3n) is 1.21. The minimum atomic E-state index is 0.769. The zero-order chi connectivity index (χ0) is 6.53. The zero-order valence-electron chi connectivity index (χ0n) is 5.06. The first-order valence-corrected chi connectivity index (χ1v) is 3.25. The maximum absolute atomic E-state index is 5.19. The Balaban J connectivity index is 2.28. The predicted octanol–water partition coefficient (Wildman–Crippen LogP) is 0.476. The van der Waals surface area contributed by atoms with Gasteiger partial charge in [-0.25, -0.2) is 0 Å². The van der Waals surface area contributed by atoms with E-state index < -0.39 is 0 Å². The third kappa shape index (κ3) is 2.13. The first-order valence-electron chi connectivity index (χ1n) is 2.87. The lowest BCUT2D eigenvalue weighted by atomic mass is 10.5. The van der Waals surface area contributed by atoms with Crippen LogP contribution in [0, 0.1) is 11.4 Å². The van der Waals surface area contributed by atoms with Crippen LogP contribution in [0.1, 0.15) is 0 Å². The molecule has 0 N–H and O–H groups in total. The van der Waals surface area contributed by atoms with E-state index in [1.165, 1.54) is 0 Å². The largest absolute Gasteiger partial charge is 0.378 e.